The first-order valence-corrected chi connectivity index (χ1v) is 8.99. The van der Waals surface area contributed by atoms with Gasteiger partial charge in [0.1, 0.15) is 11.6 Å². The van der Waals surface area contributed by atoms with Crippen molar-refractivity contribution in [2.24, 2.45) is 5.10 Å². The maximum atomic E-state index is 12.8. The minimum Gasteiger partial charge on any atom is -0.506 e. The molecular weight excluding hydrogens is 473 g/mol. The molecule has 2 rings (SSSR count). The van der Waals surface area contributed by atoms with Gasteiger partial charge in [0.15, 0.2) is 0 Å². The number of anilines is 1. The first-order chi connectivity index (χ1) is 12.3. The average Bonchev–Trinajstić information content (AvgIpc) is 2.60. The predicted octanol–water partition coefficient (Wildman–Crippen LogP) is 3.93. The molecule has 2 amide bonds. The number of hydrogen-bond acceptors (Lipinski definition) is 4. The fraction of sp³-hybridized carbons (Fsp3) is 0.118. The fourth-order valence-electron chi connectivity index (χ4n) is 1.88. The lowest BCUT2D eigenvalue weighted by molar-refractivity contribution is -0.124. The summed E-state index contributed by atoms with van der Waals surface area (Å²) >= 11 is 6.39. The third-order valence-corrected chi connectivity index (χ3v) is 4.36. The molecule has 6 nitrogen and oxygen atoms in total. The SMILES string of the molecule is O=C(CCC(=O)Nc1ccc(F)cc1)N/N=C\c1cc(Br)c(O)c(Br)c1. The van der Waals surface area contributed by atoms with Crippen LogP contribution >= 0.6 is 31.9 Å². The van der Waals surface area contributed by atoms with E-state index in [0.717, 1.165) is 0 Å². The van der Waals surface area contributed by atoms with Crippen molar-refractivity contribution in [2.75, 3.05) is 5.32 Å². The van der Waals surface area contributed by atoms with Gasteiger partial charge in [-0.2, -0.15) is 5.10 Å². The second kappa shape index (κ2) is 9.44. The molecule has 0 aromatic heterocycles. The minimum absolute atomic E-state index is 0.0327. The summed E-state index contributed by atoms with van der Waals surface area (Å²) in [5.41, 5.74) is 3.42. The number of nitrogens with zero attached hydrogens (tertiary/aromatic N) is 1. The molecule has 0 aliphatic heterocycles. The normalized spacial score (nSPS) is 10.7. The van der Waals surface area contributed by atoms with Crippen molar-refractivity contribution in [1.29, 1.82) is 0 Å². The van der Waals surface area contributed by atoms with Gasteiger partial charge in [0.25, 0.3) is 0 Å². The third-order valence-electron chi connectivity index (χ3n) is 3.15. The molecule has 3 N–H and O–H groups in total. The van der Waals surface area contributed by atoms with Crippen LogP contribution in [0.5, 0.6) is 5.75 Å². The van der Waals surface area contributed by atoms with Crippen LogP contribution in [0.25, 0.3) is 0 Å². The van der Waals surface area contributed by atoms with E-state index < -0.39 is 11.7 Å². The number of rotatable bonds is 6. The molecule has 136 valence electrons. The zero-order valence-corrected chi connectivity index (χ0v) is 16.5. The van der Waals surface area contributed by atoms with Crippen LogP contribution in [-0.4, -0.2) is 23.1 Å². The maximum Gasteiger partial charge on any atom is 0.240 e. The number of hydrazone groups is 1. The highest BCUT2D eigenvalue weighted by Gasteiger charge is 2.07. The number of carbonyl (C=O) groups excluding carboxylic acids is 2. The van der Waals surface area contributed by atoms with Gasteiger partial charge in [-0.25, -0.2) is 9.82 Å². The Morgan fingerprint density at radius 2 is 1.65 bits per heavy atom. The quantitative estimate of drug-likeness (QED) is 0.427. The molecule has 0 saturated heterocycles. The summed E-state index contributed by atoms with van der Waals surface area (Å²) in [6, 6.07) is 8.60. The van der Waals surface area contributed by atoms with E-state index in [4.69, 9.17) is 0 Å². The van der Waals surface area contributed by atoms with Crippen molar-refractivity contribution >= 4 is 55.6 Å². The molecule has 9 heteroatoms. The molecule has 0 saturated carbocycles. The van der Waals surface area contributed by atoms with Crippen molar-refractivity contribution < 1.29 is 19.1 Å². The van der Waals surface area contributed by atoms with Crippen LogP contribution in [0, 0.1) is 5.82 Å². The molecule has 0 atom stereocenters. The highest BCUT2D eigenvalue weighted by Crippen LogP contribution is 2.32. The Bertz CT molecular complexity index is 819. The van der Waals surface area contributed by atoms with Crippen LogP contribution < -0.4 is 10.7 Å². The molecule has 2 aromatic carbocycles. The van der Waals surface area contributed by atoms with E-state index >= 15 is 0 Å². The smallest absolute Gasteiger partial charge is 0.240 e. The Hall–Kier alpha value is -2.26. The van der Waals surface area contributed by atoms with Crippen LogP contribution in [0.4, 0.5) is 10.1 Å². The molecule has 0 aliphatic rings. The Morgan fingerprint density at radius 3 is 2.27 bits per heavy atom. The molecule has 0 unspecified atom stereocenters. The van der Waals surface area contributed by atoms with E-state index in [0.29, 0.717) is 20.2 Å². The van der Waals surface area contributed by atoms with Crippen LogP contribution in [0.1, 0.15) is 18.4 Å². The summed E-state index contributed by atoms with van der Waals surface area (Å²) in [6.45, 7) is 0. The standard InChI is InChI=1S/C17H14Br2FN3O3/c18-13-7-10(8-14(19)17(13)26)9-21-23-16(25)6-5-15(24)22-12-3-1-11(20)2-4-12/h1-4,7-9,26H,5-6H2,(H,22,24)(H,23,25)/b21-9-. The lowest BCUT2D eigenvalue weighted by Gasteiger charge is -2.05. The third kappa shape index (κ3) is 6.23. The number of nitrogens with one attached hydrogen (secondary N) is 2. The zero-order valence-electron chi connectivity index (χ0n) is 13.3. The summed E-state index contributed by atoms with van der Waals surface area (Å²) in [4.78, 5) is 23.5. The number of hydrogen-bond donors (Lipinski definition) is 3. The van der Waals surface area contributed by atoms with E-state index in [1.807, 2.05) is 0 Å². The highest BCUT2D eigenvalue weighted by atomic mass is 79.9. The summed E-state index contributed by atoms with van der Waals surface area (Å²) in [6.07, 6.45) is 1.33. The Balaban J connectivity index is 1.78. The first-order valence-electron chi connectivity index (χ1n) is 7.40. The number of halogens is 3. The molecule has 2 aromatic rings. The number of carbonyl (C=O) groups is 2. The lowest BCUT2D eigenvalue weighted by atomic mass is 10.2. The Labute approximate surface area is 165 Å². The number of phenolic OH excluding ortho intramolecular Hbond substituents is 1. The fourth-order valence-corrected chi connectivity index (χ4v) is 3.10. The van der Waals surface area contributed by atoms with Gasteiger partial charge in [0.05, 0.1) is 15.2 Å². The summed E-state index contributed by atoms with van der Waals surface area (Å²) in [5.74, 6) is -1.11. The summed E-state index contributed by atoms with van der Waals surface area (Å²) in [5, 5.41) is 16.0. The summed E-state index contributed by atoms with van der Waals surface area (Å²) < 4.78 is 13.8. The molecule has 0 heterocycles. The van der Waals surface area contributed by atoms with Crippen LogP contribution in [0.15, 0.2) is 50.4 Å². The first kappa shape index (κ1) is 20.1. The largest absolute Gasteiger partial charge is 0.506 e. The van der Waals surface area contributed by atoms with E-state index in [2.05, 4.69) is 47.7 Å². The van der Waals surface area contributed by atoms with E-state index in [1.54, 1.807) is 12.1 Å². The van der Waals surface area contributed by atoms with Gasteiger partial charge >= 0.3 is 0 Å². The van der Waals surface area contributed by atoms with Crippen molar-refractivity contribution in [1.82, 2.24) is 5.43 Å². The van der Waals surface area contributed by atoms with Gasteiger partial charge in [-0.15, -0.1) is 0 Å². The van der Waals surface area contributed by atoms with Crippen LogP contribution in [0.3, 0.4) is 0 Å². The molecular formula is C17H14Br2FN3O3. The summed E-state index contributed by atoms with van der Waals surface area (Å²) in [7, 11) is 0. The second-order valence-corrected chi connectivity index (χ2v) is 6.89. The monoisotopic (exact) mass is 485 g/mol. The van der Waals surface area contributed by atoms with Gasteiger partial charge < -0.3 is 10.4 Å². The van der Waals surface area contributed by atoms with Crippen LogP contribution in [0.2, 0.25) is 0 Å². The van der Waals surface area contributed by atoms with Crippen molar-refractivity contribution in [3.8, 4) is 5.75 Å². The molecule has 0 spiro atoms. The van der Waals surface area contributed by atoms with Crippen molar-refractivity contribution in [3.05, 3.63) is 56.7 Å². The number of phenols is 1. The lowest BCUT2D eigenvalue weighted by Crippen LogP contribution is -2.20. The number of amides is 2. The second-order valence-electron chi connectivity index (χ2n) is 5.18. The van der Waals surface area contributed by atoms with Gasteiger partial charge in [0, 0.05) is 18.5 Å². The van der Waals surface area contributed by atoms with E-state index in [9.17, 15) is 19.1 Å². The molecule has 0 aliphatic carbocycles. The maximum absolute atomic E-state index is 12.8. The minimum atomic E-state index is -0.424. The topological polar surface area (TPSA) is 90.8 Å². The van der Waals surface area contributed by atoms with Crippen molar-refractivity contribution in [2.45, 2.75) is 12.8 Å². The zero-order chi connectivity index (χ0) is 19.1. The predicted molar refractivity (Wildman–Crippen MR) is 104 cm³/mol. The molecule has 0 fully saturated rings. The highest BCUT2D eigenvalue weighted by molar-refractivity contribution is 9.11. The van der Waals surface area contributed by atoms with E-state index in [-0.39, 0.29) is 24.5 Å². The molecule has 0 radical (unpaired) electrons. The van der Waals surface area contributed by atoms with Gasteiger partial charge in [-0.1, -0.05) is 0 Å². The average molecular weight is 487 g/mol. The van der Waals surface area contributed by atoms with E-state index in [1.165, 1.54) is 30.5 Å². The number of benzene rings is 2. The van der Waals surface area contributed by atoms with Crippen LogP contribution in [-0.2, 0) is 9.59 Å². The number of aromatic hydroxyl groups is 1. The van der Waals surface area contributed by atoms with Crippen molar-refractivity contribution in [3.63, 3.8) is 0 Å². The Morgan fingerprint density at radius 1 is 1.08 bits per heavy atom. The molecule has 0 bridgehead atoms. The Kier molecular flexibility index (Phi) is 7.28. The van der Waals surface area contributed by atoms with Gasteiger partial charge in [-0.3, -0.25) is 9.59 Å². The molecule has 26 heavy (non-hydrogen) atoms. The van der Waals surface area contributed by atoms with Gasteiger partial charge in [-0.05, 0) is 73.8 Å². The van der Waals surface area contributed by atoms with Gasteiger partial charge in [0.2, 0.25) is 11.8 Å².